The molecule has 6 nitrogen and oxygen atoms in total. The molecule has 0 spiro atoms. The first-order chi connectivity index (χ1) is 20.4. The quantitative estimate of drug-likeness (QED) is 0.204. The first kappa shape index (κ1) is 29.2. The number of carbonyl (C=O) groups is 2. The summed E-state index contributed by atoms with van der Waals surface area (Å²) in [5.74, 6) is -1.11. The summed E-state index contributed by atoms with van der Waals surface area (Å²) in [6.45, 7) is 8.30. The van der Waals surface area contributed by atoms with E-state index in [1.165, 1.54) is 0 Å². The average Bonchev–Trinajstić information content (AvgIpc) is 3.02. The molecule has 0 saturated carbocycles. The molecule has 0 unspecified atom stereocenters. The third-order valence-electron chi connectivity index (χ3n) is 7.93. The summed E-state index contributed by atoms with van der Waals surface area (Å²) in [7, 11) is 0. The second-order valence-corrected chi connectivity index (χ2v) is 10.5. The molecule has 0 N–H and O–H groups in total. The fraction of sp³-hybridized carbons (Fsp3) is 0.278. The van der Waals surface area contributed by atoms with Gasteiger partial charge < -0.3 is 18.9 Å². The molecule has 0 radical (unpaired) electrons. The summed E-state index contributed by atoms with van der Waals surface area (Å²) in [4.78, 5) is 27.6. The van der Waals surface area contributed by atoms with Gasteiger partial charge in [0.1, 0.15) is 5.60 Å². The van der Waals surface area contributed by atoms with Crippen LogP contribution in [0.1, 0.15) is 63.7 Å². The van der Waals surface area contributed by atoms with E-state index in [2.05, 4.69) is 0 Å². The third-order valence-corrected chi connectivity index (χ3v) is 7.93. The molecule has 216 valence electrons. The molecule has 1 aliphatic rings. The fourth-order valence-corrected chi connectivity index (χ4v) is 6.10. The van der Waals surface area contributed by atoms with E-state index >= 15 is 0 Å². The Kier molecular flexibility index (Phi) is 8.57. The van der Waals surface area contributed by atoms with E-state index in [1.807, 2.05) is 88.4 Å². The van der Waals surface area contributed by atoms with E-state index in [0.717, 1.165) is 22.3 Å². The van der Waals surface area contributed by atoms with E-state index in [9.17, 15) is 9.59 Å². The second kappa shape index (κ2) is 12.3. The van der Waals surface area contributed by atoms with Crippen LogP contribution in [0.2, 0.25) is 0 Å². The minimum atomic E-state index is -1.32. The second-order valence-electron chi connectivity index (χ2n) is 10.5. The Balaban J connectivity index is 1.80. The molecule has 0 saturated heterocycles. The number of esters is 2. The molecule has 0 heterocycles. The zero-order valence-electron chi connectivity index (χ0n) is 24.4. The van der Waals surface area contributed by atoms with Gasteiger partial charge in [-0.15, -0.1) is 0 Å². The molecule has 5 rings (SSSR count). The Morgan fingerprint density at radius 3 is 1.57 bits per heavy atom. The molecule has 0 amide bonds. The summed E-state index contributed by atoms with van der Waals surface area (Å²) in [6, 6.07) is 33.2. The van der Waals surface area contributed by atoms with Crippen molar-refractivity contribution >= 4 is 11.9 Å². The molecular weight excluding hydrogens is 528 g/mol. The van der Waals surface area contributed by atoms with Gasteiger partial charge in [-0.2, -0.15) is 0 Å². The number of aryl methyl sites for hydroxylation is 1. The molecule has 6 heteroatoms. The number of hydrogen-bond donors (Lipinski definition) is 0. The van der Waals surface area contributed by atoms with Gasteiger partial charge in [0.2, 0.25) is 0 Å². The maximum absolute atomic E-state index is 13.8. The number of benzene rings is 4. The maximum atomic E-state index is 13.8. The van der Waals surface area contributed by atoms with Crippen LogP contribution in [0.25, 0.3) is 0 Å². The highest BCUT2D eigenvalue weighted by Gasteiger charge is 2.63. The SMILES string of the molecule is CCO[C@@]1(c2ccccc2C)c2ccccc2[C@@](C)(OCC)[C@@H](OC(=O)c2ccccc2)[C@H]1OC(=O)c1ccccc1. The highest BCUT2D eigenvalue weighted by atomic mass is 16.6. The number of rotatable bonds is 9. The molecule has 4 aromatic carbocycles. The van der Waals surface area contributed by atoms with Crippen LogP contribution >= 0.6 is 0 Å². The normalized spacial score (nSPS) is 23.0. The van der Waals surface area contributed by atoms with Crippen molar-refractivity contribution in [2.24, 2.45) is 0 Å². The Labute approximate surface area is 247 Å². The molecule has 0 aromatic heterocycles. The predicted octanol–water partition coefficient (Wildman–Crippen LogP) is 6.99. The average molecular weight is 565 g/mol. The van der Waals surface area contributed by atoms with Crippen LogP contribution in [-0.4, -0.2) is 37.4 Å². The number of carbonyl (C=O) groups excluding carboxylic acids is 2. The van der Waals surface area contributed by atoms with Crippen molar-refractivity contribution in [3.63, 3.8) is 0 Å². The van der Waals surface area contributed by atoms with Crippen molar-refractivity contribution in [2.75, 3.05) is 13.2 Å². The molecule has 0 aliphatic heterocycles. The van der Waals surface area contributed by atoms with Gasteiger partial charge in [0, 0.05) is 13.2 Å². The van der Waals surface area contributed by atoms with Gasteiger partial charge in [0.25, 0.3) is 0 Å². The molecule has 4 aromatic rings. The van der Waals surface area contributed by atoms with Crippen LogP contribution in [-0.2, 0) is 30.1 Å². The van der Waals surface area contributed by atoms with Crippen molar-refractivity contribution in [1.82, 2.24) is 0 Å². The molecule has 4 atom stereocenters. The van der Waals surface area contributed by atoms with E-state index in [-0.39, 0.29) is 0 Å². The lowest BCUT2D eigenvalue weighted by atomic mass is 9.64. The third kappa shape index (κ3) is 5.13. The van der Waals surface area contributed by atoms with Gasteiger partial charge >= 0.3 is 11.9 Å². The summed E-state index contributed by atoms with van der Waals surface area (Å²) >= 11 is 0. The van der Waals surface area contributed by atoms with Crippen molar-refractivity contribution in [3.05, 3.63) is 143 Å². The molecule has 0 fully saturated rings. The minimum Gasteiger partial charge on any atom is -0.451 e. The van der Waals surface area contributed by atoms with Crippen LogP contribution in [0.4, 0.5) is 0 Å². The minimum absolute atomic E-state index is 0.298. The maximum Gasteiger partial charge on any atom is 0.338 e. The van der Waals surface area contributed by atoms with E-state index in [0.29, 0.717) is 24.3 Å². The van der Waals surface area contributed by atoms with Crippen molar-refractivity contribution in [2.45, 2.75) is 51.1 Å². The standard InChI is InChI=1S/C36H36O6/c1-5-39-35(4)29-23-15-16-24-30(29)36(40-6-2,28-22-14-13-17-25(28)3)32(42-34(38)27-20-11-8-12-21-27)31(35)41-33(37)26-18-9-7-10-19-26/h7-24,31-32H,5-6H2,1-4H3/t31-,32+,35+,36-/m0/s1. The largest absolute Gasteiger partial charge is 0.451 e. The molecule has 42 heavy (non-hydrogen) atoms. The molecule has 1 aliphatic carbocycles. The lowest BCUT2D eigenvalue weighted by molar-refractivity contribution is -0.219. The Hall–Kier alpha value is -4.26. The van der Waals surface area contributed by atoms with E-state index < -0.39 is 35.3 Å². The van der Waals surface area contributed by atoms with E-state index in [1.54, 1.807) is 48.5 Å². The van der Waals surface area contributed by atoms with Gasteiger partial charge in [0.15, 0.2) is 17.8 Å². The van der Waals surface area contributed by atoms with Crippen LogP contribution in [0.3, 0.4) is 0 Å². The topological polar surface area (TPSA) is 71.1 Å². The lowest BCUT2D eigenvalue weighted by Gasteiger charge is -2.54. The summed E-state index contributed by atoms with van der Waals surface area (Å²) < 4.78 is 26.1. The van der Waals surface area contributed by atoms with Crippen molar-refractivity contribution in [1.29, 1.82) is 0 Å². The van der Waals surface area contributed by atoms with Gasteiger partial charge in [-0.3, -0.25) is 0 Å². The van der Waals surface area contributed by atoms with Gasteiger partial charge in [-0.05, 0) is 74.2 Å². The van der Waals surface area contributed by atoms with Gasteiger partial charge in [-0.25, -0.2) is 9.59 Å². The highest BCUT2D eigenvalue weighted by Crippen LogP contribution is 2.54. The first-order valence-corrected chi connectivity index (χ1v) is 14.3. The molecule has 0 bridgehead atoms. The number of fused-ring (bicyclic) bond motifs is 1. The molecular formula is C36H36O6. The van der Waals surface area contributed by atoms with Crippen LogP contribution in [0.5, 0.6) is 0 Å². The van der Waals surface area contributed by atoms with Gasteiger partial charge in [0.05, 0.1) is 11.1 Å². The Morgan fingerprint density at radius 2 is 1.05 bits per heavy atom. The van der Waals surface area contributed by atoms with Crippen molar-refractivity contribution in [3.8, 4) is 0 Å². The highest BCUT2D eigenvalue weighted by molar-refractivity contribution is 5.90. The zero-order chi connectivity index (χ0) is 29.7. The predicted molar refractivity (Wildman–Crippen MR) is 160 cm³/mol. The van der Waals surface area contributed by atoms with E-state index in [4.69, 9.17) is 18.9 Å². The zero-order valence-corrected chi connectivity index (χ0v) is 24.4. The first-order valence-electron chi connectivity index (χ1n) is 14.3. The Morgan fingerprint density at radius 1 is 0.595 bits per heavy atom. The number of hydrogen-bond acceptors (Lipinski definition) is 6. The van der Waals surface area contributed by atoms with Crippen LogP contribution < -0.4 is 0 Å². The fourth-order valence-electron chi connectivity index (χ4n) is 6.10. The van der Waals surface area contributed by atoms with Crippen LogP contribution in [0, 0.1) is 6.92 Å². The van der Waals surface area contributed by atoms with Crippen molar-refractivity contribution < 1.29 is 28.5 Å². The monoisotopic (exact) mass is 564 g/mol. The summed E-state index contributed by atoms with van der Waals surface area (Å²) in [6.07, 6.45) is -2.20. The Bertz CT molecular complexity index is 1540. The lowest BCUT2D eigenvalue weighted by Crippen LogP contribution is -2.64. The summed E-state index contributed by atoms with van der Waals surface area (Å²) in [5.41, 5.74) is 1.58. The number of ether oxygens (including phenoxy) is 4. The summed E-state index contributed by atoms with van der Waals surface area (Å²) in [5, 5.41) is 0. The van der Waals surface area contributed by atoms with Gasteiger partial charge in [-0.1, -0.05) is 84.9 Å². The van der Waals surface area contributed by atoms with Crippen LogP contribution in [0.15, 0.2) is 109 Å². The smallest absolute Gasteiger partial charge is 0.338 e.